The number of fused-ring (bicyclic) bond motifs is 1. The van der Waals surface area contributed by atoms with Gasteiger partial charge in [0.2, 0.25) is 0 Å². The van der Waals surface area contributed by atoms with Crippen molar-refractivity contribution in [3.63, 3.8) is 0 Å². The van der Waals surface area contributed by atoms with Crippen molar-refractivity contribution in [1.29, 1.82) is 0 Å². The van der Waals surface area contributed by atoms with Gasteiger partial charge < -0.3 is 14.9 Å². The highest BCUT2D eigenvalue weighted by Gasteiger charge is 2.24. The van der Waals surface area contributed by atoms with Gasteiger partial charge in [0.05, 0.1) is 16.0 Å². The first kappa shape index (κ1) is 18.2. The minimum Gasteiger partial charge on any atom is -0.508 e. The largest absolute Gasteiger partial charge is 0.508 e. The second kappa shape index (κ2) is 7.53. The Morgan fingerprint density at radius 1 is 1.03 bits per heavy atom. The Bertz CT molecular complexity index is 1330. The van der Waals surface area contributed by atoms with E-state index >= 15 is 0 Å². The number of amidine groups is 1. The van der Waals surface area contributed by atoms with Crippen LogP contribution in [-0.2, 0) is 0 Å². The number of rotatable bonds is 3. The monoisotopic (exact) mass is 413 g/mol. The molecule has 4 aromatic rings. The summed E-state index contributed by atoms with van der Waals surface area (Å²) >= 11 is 1.08. The molecule has 146 valence electrons. The van der Waals surface area contributed by atoms with Crippen molar-refractivity contribution in [3.8, 4) is 17.1 Å². The third-order valence-electron chi connectivity index (χ3n) is 4.56. The molecule has 2 heterocycles. The summed E-state index contributed by atoms with van der Waals surface area (Å²) in [5.41, 5.74) is 3.16. The van der Waals surface area contributed by atoms with Crippen molar-refractivity contribution in [2.45, 2.75) is 0 Å². The molecule has 1 aliphatic rings. The zero-order valence-electron chi connectivity index (χ0n) is 15.6. The van der Waals surface area contributed by atoms with E-state index in [9.17, 15) is 9.90 Å². The number of amides is 1. The number of nitrogens with one attached hydrogen (secondary N) is 1. The van der Waals surface area contributed by atoms with Crippen LogP contribution in [0.3, 0.4) is 0 Å². The molecule has 5 rings (SSSR count). The van der Waals surface area contributed by atoms with Crippen LogP contribution >= 0.6 is 11.8 Å². The average molecular weight is 413 g/mol. The van der Waals surface area contributed by atoms with E-state index in [1.165, 1.54) is 6.07 Å². The van der Waals surface area contributed by atoms with Crippen LogP contribution < -0.4 is 5.32 Å². The zero-order valence-corrected chi connectivity index (χ0v) is 16.4. The molecule has 0 unspecified atom stereocenters. The van der Waals surface area contributed by atoms with Crippen LogP contribution in [0, 0.1) is 0 Å². The number of aromatic hydroxyl groups is 1. The molecular formula is C23H15N3O3S. The highest BCUT2D eigenvalue weighted by Crippen LogP contribution is 2.32. The predicted octanol–water partition coefficient (Wildman–Crippen LogP) is 5.73. The number of carbonyl (C=O) groups excluding carboxylic acids is 1. The molecule has 1 fully saturated rings. The standard InChI is InChI=1S/C23H15N3O3S/c27-17-8-4-7-16(13-17)24-22-20(30-23(28)25-22)12-14-9-10-19-18(11-14)21(29-26-19)15-5-2-1-3-6-15/h1-13,27H,(H,24,25,28)/b20-12-. The van der Waals surface area contributed by atoms with Crippen molar-refractivity contribution < 1.29 is 14.4 Å². The van der Waals surface area contributed by atoms with E-state index < -0.39 is 0 Å². The topological polar surface area (TPSA) is 87.7 Å². The Morgan fingerprint density at radius 3 is 2.73 bits per heavy atom. The Morgan fingerprint density at radius 2 is 1.90 bits per heavy atom. The van der Waals surface area contributed by atoms with Crippen molar-refractivity contribution in [2.75, 3.05) is 0 Å². The number of nitrogens with zero attached hydrogens (tertiary/aromatic N) is 2. The second-order valence-electron chi connectivity index (χ2n) is 6.66. The Hall–Kier alpha value is -3.84. The molecule has 1 saturated heterocycles. The van der Waals surface area contributed by atoms with Gasteiger partial charge in [-0.3, -0.25) is 4.79 Å². The molecule has 3 aromatic carbocycles. The van der Waals surface area contributed by atoms with Crippen LogP contribution in [0.2, 0.25) is 0 Å². The maximum absolute atomic E-state index is 12.0. The highest BCUT2D eigenvalue weighted by molar-refractivity contribution is 8.18. The van der Waals surface area contributed by atoms with Crippen LogP contribution in [0.15, 0.2) is 87.2 Å². The van der Waals surface area contributed by atoms with E-state index in [0.717, 1.165) is 33.8 Å². The third-order valence-corrected chi connectivity index (χ3v) is 5.38. The number of aromatic nitrogens is 1. The third kappa shape index (κ3) is 3.58. The van der Waals surface area contributed by atoms with Crippen LogP contribution in [0.1, 0.15) is 5.56 Å². The van der Waals surface area contributed by atoms with Crippen LogP contribution in [0.25, 0.3) is 28.3 Å². The number of aliphatic imine (C=N–C) groups is 1. The first-order chi connectivity index (χ1) is 14.7. The smallest absolute Gasteiger partial charge is 0.289 e. The lowest BCUT2D eigenvalue weighted by molar-refractivity contribution is 0.265. The minimum absolute atomic E-state index is 0.116. The van der Waals surface area contributed by atoms with Crippen molar-refractivity contribution in [3.05, 3.63) is 83.3 Å². The second-order valence-corrected chi connectivity index (χ2v) is 7.67. The van der Waals surface area contributed by atoms with Gasteiger partial charge in [-0.2, -0.15) is 0 Å². The normalized spacial score (nSPS) is 16.5. The summed E-state index contributed by atoms with van der Waals surface area (Å²) in [5, 5.41) is 17.2. The van der Waals surface area contributed by atoms with Gasteiger partial charge in [-0.05, 0) is 47.7 Å². The number of benzene rings is 3. The summed E-state index contributed by atoms with van der Waals surface area (Å²) in [5.74, 6) is 1.27. The number of hydrogen-bond acceptors (Lipinski definition) is 6. The number of phenolic OH excluding ortho intramolecular Hbond substituents is 1. The lowest BCUT2D eigenvalue weighted by atomic mass is 10.1. The van der Waals surface area contributed by atoms with Gasteiger partial charge in [0, 0.05) is 11.6 Å². The summed E-state index contributed by atoms with van der Waals surface area (Å²) in [4.78, 5) is 17.1. The summed E-state index contributed by atoms with van der Waals surface area (Å²) in [7, 11) is 0. The van der Waals surface area contributed by atoms with Crippen molar-refractivity contribution >= 4 is 45.5 Å². The molecule has 1 amide bonds. The van der Waals surface area contributed by atoms with E-state index in [4.69, 9.17) is 4.52 Å². The summed E-state index contributed by atoms with van der Waals surface area (Å²) < 4.78 is 5.56. The molecule has 0 radical (unpaired) electrons. The molecule has 0 bridgehead atoms. The summed E-state index contributed by atoms with van der Waals surface area (Å²) in [6.45, 7) is 0. The van der Waals surface area contributed by atoms with Gasteiger partial charge in [-0.15, -0.1) is 0 Å². The Kier molecular flexibility index (Phi) is 4.57. The number of carbonyl (C=O) groups is 1. The van der Waals surface area contributed by atoms with Gasteiger partial charge in [0.15, 0.2) is 5.76 Å². The molecule has 30 heavy (non-hydrogen) atoms. The van der Waals surface area contributed by atoms with Crippen LogP contribution in [-0.4, -0.2) is 21.3 Å². The number of phenols is 1. The van der Waals surface area contributed by atoms with Crippen molar-refractivity contribution in [1.82, 2.24) is 10.5 Å². The zero-order chi connectivity index (χ0) is 20.5. The van der Waals surface area contributed by atoms with Crippen LogP contribution in [0.5, 0.6) is 5.75 Å². The molecule has 2 N–H and O–H groups in total. The molecule has 6 nitrogen and oxygen atoms in total. The molecule has 7 heteroatoms. The lowest BCUT2D eigenvalue weighted by Crippen LogP contribution is -2.18. The van der Waals surface area contributed by atoms with Crippen molar-refractivity contribution in [2.24, 2.45) is 4.99 Å². The Labute approximate surface area is 175 Å². The van der Waals surface area contributed by atoms with E-state index in [1.54, 1.807) is 18.2 Å². The highest BCUT2D eigenvalue weighted by atomic mass is 32.2. The predicted molar refractivity (Wildman–Crippen MR) is 119 cm³/mol. The summed E-state index contributed by atoms with van der Waals surface area (Å²) in [6, 6.07) is 22.2. The van der Waals surface area contributed by atoms with E-state index in [2.05, 4.69) is 15.5 Å². The van der Waals surface area contributed by atoms with Gasteiger partial charge >= 0.3 is 0 Å². The van der Waals surface area contributed by atoms with Gasteiger partial charge in [-0.25, -0.2) is 4.99 Å². The SMILES string of the molecule is O=C1NC(=Nc2cccc(O)c2)/C(=C/c2ccc3noc(-c4ccccc4)c3c2)S1. The molecule has 0 saturated carbocycles. The van der Waals surface area contributed by atoms with E-state index in [0.29, 0.717) is 22.2 Å². The van der Waals surface area contributed by atoms with Gasteiger partial charge in [0.25, 0.3) is 5.24 Å². The average Bonchev–Trinajstić information content (AvgIpc) is 3.31. The number of hydrogen-bond donors (Lipinski definition) is 2. The minimum atomic E-state index is -0.198. The number of thioether (sulfide) groups is 1. The van der Waals surface area contributed by atoms with Crippen LogP contribution in [0.4, 0.5) is 10.5 Å². The quantitative estimate of drug-likeness (QED) is 0.448. The fraction of sp³-hybridized carbons (Fsp3) is 0. The molecule has 0 aliphatic carbocycles. The fourth-order valence-corrected chi connectivity index (χ4v) is 3.94. The fourth-order valence-electron chi connectivity index (χ4n) is 3.20. The molecule has 1 aromatic heterocycles. The first-order valence-corrected chi connectivity index (χ1v) is 10.0. The lowest BCUT2D eigenvalue weighted by Gasteiger charge is -2.01. The summed E-state index contributed by atoms with van der Waals surface area (Å²) in [6.07, 6.45) is 1.89. The Balaban J connectivity index is 1.55. The molecule has 0 spiro atoms. The molecule has 1 aliphatic heterocycles. The van der Waals surface area contributed by atoms with E-state index in [-0.39, 0.29) is 11.0 Å². The molecule has 0 atom stereocenters. The molecular weight excluding hydrogens is 398 g/mol. The first-order valence-electron chi connectivity index (χ1n) is 9.19. The maximum Gasteiger partial charge on any atom is 0.289 e. The van der Waals surface area contributed by atoms with E-state index in [1.807, 2.05) is 54.6 Å². The maximum atomic E-state index is 12.0. The van der Waals surface area contributed by atoms with Gasteiger partial charge in [-0.1, -0.05) is 47.6 Å². The van der Waals surface area contributed by atoms with Gasteiger partial charge in [0.1, 0.15) is 17.1 Å².